The molecule has 0 aliphatic heterocycles. The first kappa shape index (κ1) is 19.5. The van der Waals surface area contributed by atoms with Gasteiger partial charge in [-0.2, -0.15) is 5.10 Å². The highest BCUT2D eigenvalue weighted by Gasteiger charge is 2.12. The molecule has 0 atom stereocenters. The van der Waals surface area contributed by atoms with Gasteiger partial charge in [0.1, 0.15) is 0 Å². The van der Waals surface area contributed by atoms with Crippen LogP contribution in [0.2, 0.25) is 10.0 Å². The molecule has 2 aromatic carbocycles. The molecule has 140 valence electrons. The number of benzene rings is 2. The normalized spacial score (nSPS) is 10.8. The minimum absolute atomic E-state index is 0.0573. The third-order valence-electron chi connectivity index (χ3n) is 4.36. The molecule has 0 spiro atoms. The average molecular weight is 402 g/mol. The molecule has 6 heteroatoms. The molecule has 3 rings (SSSR count). The van der Waals surface area contributed by atoms with Crippen LogP contribution in [0.4, 0.5) is 0 Å². The summed E-state index contributed by atoms with van der Waals surface area (Å²) in [6.45, 7) is 1.24. The molecule has 0 radical (unpaired) electrons. The van der Waals surface area contributed by atoms with Crippen molar-refractivity contribution in [2.45, 2.75) is 25.9 Å². The number of hydrogen-bond acceptors (Lipinski definition) is 2. The highest BCUT2D eigenvalue weighted by molar-refractivity contribution is 6.42. The first-order valence-corrected chi connectivity index (χ1v) is 9.50. The number of aryl methyl sites for hydroxylation is 1. The lowest BCUT2D eigenvalue weighted by Crippen LogP contribution is -2.26. The lowest BCUT2D eigenvalue weighted by Gasteiger charge is -2.16. The molecular formula is C21H21Cl2N3O. The van der Waals surface area contributed by atoms with Crippen molar-refractivity contribution >= 4 is 29.1 Å². The maximum Gasteiger partial charge on any atom is 0.222 e. The average Bonchev–Trinajstić information content (AvgIpc) is 3.10. The summed E-state index contributed by atoms with van der Waals surface area (Å²) >= 11 is 12.2. The van der Waals surface area contributed by atoms with Crippen LogP contribution in [-0.4, -0.2) is 27.6 Å². The van der Waals surface area contributed by atoms with Crippen molar-refractivity contribution in [3.63, 3.8) is 0 Å². The van der Waals surface area contributed by atoms with Crippen LogP contribution in [0.1, 0.15) is 23.1 Å². The smallest absolute Gasteiger partial charge is 0.222 e. The minimum Gasteiger partial charge on any atom is -0.341 e. The number of carbonyl (C=O) groups excluding carboxylic acids is 1. The number of carbonyl (C=O) groups is 1. The van der Waals surface area contributed by atoms with Gasteiger partial charge in [-0.15, -0.1) is 0 Å². The molecule has 1 aromatic heterocycles. The van der Waals surface area contributed by atoms with Gasteiger partial charge in [-0.1, -0.05) is 65.7 Å². The van der Waals surface area contributed by atoms with Crippen LogP contribution in [0, 0.1) is 0 Å². The first-order chi connectivity index (χ1) is 13.0. The minimum atomic E-state index is 0.0573. The molecule has 0 saturated carbocycles. The fraction of sp³-hybridized carbons (Fsp3) is 0.238. The fourth-order valence-corrected chi connectivity index (χ4v) is 3.30. The molecule has 0 aliphatic carbocycles. The van der Waals surface area contributed by atoms with Crippen LogP contribution < -0.4 is 0 Å². The standard InChI is InChI=1S/C21H21Cl2N3O/c1-25(20(27)11-10-18-8-5-9-19(22)21(18)23)13-17-12-24-26(15-17)14-16-6-3-2-4-7-16/h2-9,12,15H,10-11,13-14H2,1H3. The summed E-state index contributed by atoms with van der Waals surface area (Å²) in [4.78, 5) is 14.1. The van der Waals surface area contributed by atoms with Crippen molar-refractivity contribution in [1.29, 1.82) is 0 Å². The van der Waals surface area contributed by atoms with E-state index >= 15 is 0 Å². The molecule has 0 aliphatic rings. The van der Waals surface area contributed by atoms with E-state index < -0.39 is 0 Å². The summed E-state index contributed by atoms with van der Waals surface area (Å²) in [6, 6.07) is 15.6. The van der Waals surface area contributed by atoms with Gasteiger partial charge in [0.05, 0.1) is 22.8 Å². The van der Waals surface area contributed by atoms with Gasteiger partial charge in [0.25, 0.3) is 0 Å². The summed E-state index contributed by atoms with van der Waals surface area (Å²) in [6.07, 6.45) is 4.73. The maximum atomic E-state index is 12.4. The molecule has 0 saturated heterocycles. The SMILES string of the molecule is CN(Cc1cnn(Cc2ccccc2)c1)C(=O)CCc1cccc(Cl)c1Cl. The third-order valence-corrected chi connectivity index (χ3v) is 5.22. The Morgan fingerprint density at radius 3 is 2.63 bits per heavy atom. The predicted octanol–water partition coefficient (Wildman–Crippen LogP) is 4.83. The topological polar surface area (TPSA) is 38.1 Å². The second-order valence-corrected chi connectivity index (χ2v) is 7.28. The number of halogens is 2. The van der Waals surface area contributed by atoms with Crippen molar-refractivity contribution in [2.75, 3.05) is 7.05 Å². The van der Waals surface area contributed by atoms with E-state index in [0.717, 1.165) is 11.1 Å². The van der Waals surface area contributed by atoms with Crippen LogP contribution in [-0.2, 0) is 24.3 Å². The van der Waals surface area contributed by atoms with Gasteiger partial charge in [-0.05, 0) is 23.6 Å². The zero-order chi connectivity index (χ0) is 19.2. The fourth-order valence-electron chi connectivity index (χ4n) is 2.88. The Labute approximate surface area is 169 Å². The molecular weight excluding hydrogens is 381 g/mol. The Hall–Kier alpha value is -2.30. The monoisotopic (exact) mass is 401 g/mol. The van der Waals surface area contributed by atoms with Crippen molar-refractivity contribution in [2.24, 2.45) is 0 Å². The summed E-state index contributed by atoms with van der Waals surface area (Å²) in [5.41, 5.74) is 3.08. The van der Waals surface area contributed by atoms with Crippen molar-refractivity contribution in [1.82, 2.24) is 14.7 Å². The van der Waals surface area contributed by atoms with E-state index in [-0.39, 0.29) is 5.91 Å². The van der Waals surface area contributed by atoms with Crippen LogP contribution in [0.15, 0.2) is 60.9 Å². The van der Waals surface area contributed by atoms with E-state index in [2.05, 4.69) is 17.2 Å². The largest absolute Gasteiger partial charge is 0.341 e. The summed E-state index contributed by atoms with van der Waals surface area (Å²) < 4.78 is 1.88. The number of aromatic nitrogens is 2. The lowest BCUT2D eigenvalue weighted by molar-refractivity contribution is -0.130. The second kappa shape index (κ2) is 9.07. The molecule has 0 unspecified atom stereocenters. The zero-order valence-corrected chi connectivity index (χ0v) is 16.6. The van der Waals surface area contributed by atoms with Gasteiger partial charge in [0, 0.05) is 31.8 Å². The van der Waals surface area contributed by atoms with Gasteiger partial charge in [-0.3, -0.25) is 9.48 Å². The molecule has 4 nitrogen and oxygen atoms in total. The highest BCUT2D eigenvalue weighted by Crippen LogP contribution is 2.26. The molecule has 3 aromatic rings. The van der Waals surface area contributed by atoms with Crippen LogP contribution in [0.3, 0.4) is 0 Å². The van der Waals surface area contributed by atoms with Crippen LogP contribution >= 0.6 is 23.2 Å². The zero-order valence-electron chi connectivity index (χ0n) is 15.1. The molecule has 1 heterocycles. The lowest BCUT2D eigenvalue weighted by atomic mass is 10.1. The number of hydrogen-bond donors (Lipinski definition) is 0. The summed E-state index contributed by atoms with van der Waals surface area (Å²) in [5, 5.41) is 5.42. The summed E-state index contributed by atoms with van der Waals surface area (Å²) in [7, 11) is 1.80. The summed E-state index contributed by atoms with van der Waals surface area (Å²) in [5.74, 6) is 0.0573. The number of rotatable bonds is 7. The molecule has 27 heavy (non-hydrogen) atoms. The molecule has 1 amide bonds. The van der Waals surface area contributed by atoms with E-state index in [0.29, 0.717) is 36.0 Å². The Balaban J connectivity index is 1.53. The Kier molecular flexibility index (Phi) is 6.54. The number of nitrogens with zero attached hydrogens (tertiary/aromatic N) is 3. The van der Waals surface area contributed by atoms with Gasteiger partial charge < -0.3 is 4.90 Å². The van der Waals surface area contributed by atoms with E-state index in [1.807, 2.05) is 41.2 Å². The maximum absolute atomic E-state index is 12.4. The van der Waals surface area contributed by atoms with E-state index in [9.17, 15) is 4.79 Å². The molecule has 0 fully saturated rings. The third kappa shape index (κ3) is 5.34. The quantitative estimate of drug-likeness (QED) is 0.568. The Bertz CT molecular complexity index is 909. The van der Waals surface area contributed by atoms with Gasteiger partial charge >= 0.3 is 0 Å². The van der Waals surface area contributed by atoms with Crippen molar-refractivity contribution < 1.29 is 4.79 Å². The van der Waals surface area contributed by atoms with Gasteiger partial charge in [0.2, 0.25) is 5.91 Å². The van der Waals surface area contributed by atoms with E-state index in [1.54, 1.807) is 24.2 Å². The first-order valence-electron chi connectivity index (χ1n) is 8.75. The molecule has 0 bridgehead atoms. The molecule has 0 N–H and O–H groups in total. The van der Waals surface area contributed by atoms with Crippen molar-refractivity contribution in [3.8, 4) is 0 Å². The van der Waals surface area contributed by atoms with E-state index in [1.165, 1.54) is 5.56 Å². The van der Waals surface area contributed by atoms with Crippen molar-refractivity contribution in [3.05, 3.63) is 87.7 Å². The van der Waals surface area contributed by atoms with Gasteiger partial charge in [0.15, 0.2) is 0 Å². The van der Waals surface area contributed by atoms with Crippen LogP contribution in [0.5, 0.6) is 0 Å². The Morgan fingerprint density at radius 2 is 1.85 bits per heavy atom. The Morgan fingerprint density at radius 1 is 1.07 bits per heavy atom. The predicted molar refractivity (Wildman–Crippen MR) is 109 cm³/mol. The van der Waals surface area contributed by atoms with Crippen LogP contribution in [0.25, 0.3) is 0 Å². The highest BCUT2D eigenvalue weighted by atomic mass is 35.5. The second-order valence-electron chi connectivity index (χ2n) is 6.49. The number of amides is 1. The van der Waals surface area contributed by atoms with Gasteiger partial charge in [-0.25, -0.2) is 0 Å². The van der Waals surface area contributed by atoms with E-state index in [4.69, 9.17) is 23.2 Å².